The Balaban J connectivity index is 1.55. The number of nitrogens with zero attached hydrogens (tertiary/aromatic N) is 7. The van der Waals surface area contributed by atoms with Gasteiger partial charge in [-0.15, -0.1) is 0 Å². The van der Waals surface area contributed by atoms with Crippen molar-refractivity contribution in [2.75, 3.05) is 13.1 Å². The van der Waals surface area contributed by atoms with Crippen LogP contribution in [0.5, 0.6) is 0 Å². The molecule has 136 valence electrons. The highest BCUT2D eigenvalue weighted by atomic mass is 16.2. The number of carbonyl (C=O) groups is 1. The lowest BCUT2D eigenvalue weighted by Gasteiger charge is -2.31. The van der Waals surface area contributed by atoms with Crippen molar-refractivity contribution in [2.45, 2.75) is 25.8 Å². The summed E-state index contributed by atoms with van der Waals surface area (Å²) in [5.41, 5.74) is 2.70. The first-order chi connectivity index (χ1) is 12.5. The first-order valence-electron chi connectivity index (χ1n) is 8.64. The molecule has 1 aliphatic heterocycles. The Morgan fingerprint density at radius 1 is 1.23 bits per heavy atom. The number of carbonyl (C=O) groups excluding carboxylic acids is 1. The number of piperidine rings is 1. The van der Waals surface area contributed by atoms with Gasteiger partial charge in [-0.05, 0) is 25.8 Å². The number of likely N-dealkylation sites (tertiary alicyclic amines) is 1. The molecule has 1 aliphatic rings. The Morgan fingerprint density at radius 2 is 1.96 bits per heavy atom. The van der Waals surface area contributed by atoms with E-state index in [1.807, 2.05) is 18.9 Å². The summed E-state index contributed by atoms with van der Waals surface area (Å²) in [5, 5.41) is 4.27. The van der Waals surface area contributed by atoms with Crippen LogP contribution in [0.25, 0.3) is 11.2 Å². The monoisotopic (exact) mass is 355 g/mol. The summed E-state index contributed by atoms with van der Waals surface area (Å²) in [5.74, 6) is -0.0558. The third kappa shape index (κ3) is 2.51. The molecule has 9 heteroatoms. The molecule has 9 nitrogen and oxygen atoms in total. The van der Waals surface area contributed by atoms with Crippen LogP contribution in [-0.2, 0) is 14.1 Å². The molecule has 3 aromatic heterocycles. The maximum absolute atomic E-state index is 12.6. The minimum absolute atomic E-state index is 0.0237. The van der Waals surface area contributed by atoms with Crippen molar-refractivity contribution in [1.82, 2.24) is 33.8 Å². The molecular weight excluding hydrogens is 334 g/mol. The topological polar surface area (TPSA) is 90.8 Å². The lowest BCUT2D eigenvalue weighted by Crippen LogP contribution is -2.41. The van der Waals surface area contributed by atoms with Crippen LogP contribution in [-0.4, -0.2) is 52.8 Å². The van der Waals surface area contributed by atoms with Crippen molar-refractivity contribution >= 4 is 17.1 Å². The third-order valence-corrected chi connectivity index (χ3v) is 5.20. The minimum atomic E-state index is -0.0920. The van der Waals surface area contributed by atoms with Crippen molar-refractivity contribution < 1.29 is 4.79 Å². The Hall–Kier alpha value is -2.97. The normalized spacial score (nSPS) is 15.7. The molecule has 0 radical (unpaired) electrons. The van der Waals surface area contributed by atoms with E-state index in [0.717, 1.165) is 11.2 Å². The zero-order valence-corrected chi connectivity index (χ0v) is 15.1. The number of imidazole rings is 1. The van der Waals surface area contributed by atoms with E-state index in [9.17, 15) is 9.59 Å². The fraction of sp³-hybridized carbons (Fsp3) is 0.471. The molecule has 1 fully saturated rings. The second kappa shape index (κ2) is 6.08. The molecule has 0 unspecified atom stereocenters. The van der Waals surface area contributed by atoms with Crippen LogP contribution in [0, 0.1) is 6.92 Å². The van der Waals surface area contributed by atoms with E-state index < -0.39 is 0 Å². The van der Waals surface area contributed by atoms with E-state index in [4.69, 9.17) is 0 Å². The average Bonchev–Trinajstić information content (AvgIpc) is 3.12. The molecule has 26 heavy (non-hydrogen) atoms. The van der Waals surface area contributed by atoms with Crippen LogP contribution in [0.3, 0.4) is 0 Å². The number of rotatable bonds is 2. The lowest BCUT2D eigenvalue weighted by atomic mass is 10.0. The van der Waals surface area contributed by atoms with Crippen LogP contribution in [0.1, 0.15) is 35.1 Å². The highest BCUT2D eigenvalue weighted by Crippen LogP contribution is 2.25. The van der Waals surface area contributed by atoms with Crippen molar-refractivity contribution in [3.63, 3.8) is 0 Å². The molecule has 0 spiro atoms. The molecule has 0 aromatic carbocycles. The second-order valence-electron chi connectivity index (χ2n) is 6.76. The predicted molar refractivity (Wildman–Crippen MR) is 94.9 cm³/mol. The van der Waals surface area contributed by atoms with E-state index in [1.165, 1.54) is 6.33 Å². The summed E-state index contributed by atoms with van der Waals surface area (Å²) in [6.45, 7) is 3.10. The quantitative estimate of drug-likeness (QED) is 0.673. The van der Waals surface area contributed by atoms with Gasteiger partial charge in [-0.25, -0.2) is 14.8 Å². The van der Waals surface area contributed by atoms with Crippen LogP contribution in [0.2, 0.25) is 0 Å². The predicted octanol–water partition coefficient (Wildman–Crippen LogP) is 0.649. The van der Waals surface area contributed by atoms with E-state index >= 15 is 0 Å². The highest BCUT2D eigenvalue weighted by Gasteiger charge is 2.28. The molecule has 4 rings (SSSR count). The highest BCUT2D eigenvalue weighted by molar-refractivity contribution is 5.92. The number of hydrogen-bond acceptors (Lipinski definition) is 5. The van der Waals surface area contributed by atoms with Crippen LogP contribution in [0.15, 0.2) is 23.4 Å². The summed E-state index contributed by atoms with van der Waals surface area (Å²) in [6.07, 6.45) is 4.53. The molecule has 0 saturated carbocycles. The zero-order valence-electron chi connectivity index (χ0n) is 15.1. The number of fused-ring (bicyclic) bond motifs is 1. The van der Waals surface area contributed by atoms with Gasteiger partial charge >= 0.3 is 5.69 Å². The standard InChI is InChI=1S/C17H21N7O2/c1-11-8-13(20-22(11)3)16(25)23-6-4-12(5-7-23)24-15-14(9-18-10-19-15)21(2)17(24)26/h8-10,12H,4-7H2,1-3H3. The van der Waals surface area contributed by atoms with Gasteiger partial charge in [0.05, 0.1) is 6.20 Å². The molecule has 0 N–H and O–H groups in total. The van der Waals surface area contributed by atoms with Gasteiger partial charge in [0.1, 0.15) is 11.8 Å². The van der Waals surface area contributed by atoms with Gasteiger partial charge in [0.15, 0.2) is 11.3 Å². The van der Waals surface area contributed by atoms with Gasteiger partial charge in [0, 0.05) is 38.9 Å². The summed E-state index contributed by atoms with van der Waals surface area (Å²) in [7, 11) is 3.56. The maximum atomic E-state index is 12.6. The van der Waals surface area contributed by atoms with Gasteiger partial charge in [-0.1, -0.05) is 0 Å². The average molecular weight is 355 g/mol. The summed E-state index contributed by atoms with van der Waals surface area (Å²) in [4.78, 5) is 35.4. The lowest BCUT2D eigenvalue weighted by molar-refractivity contribution is 0.0688. The fourth-order valence-electron chi connectivity index (χ4n) is 3.58. The zero-order chi connectivity index (χ0) is 18.4. The summed E-state index contributed by atoms with van der Waals surface area (Å²) < 4.78 is 5.02. The van der Waals surface area contributed by atoms with E-state index in [0.29, 0.717) is 37.3 Å². The SMILES string of the molecule is Cc1cc(C(=O)N2CCC(n3c(=O)n(C)c4cncnc43)CC2)nn1C. The van der Waals surface area contributed by atoms with E-state index in [2.05, 4.69) is 15.1 Å². The van der Waals surface area contributed by atoms with Crippen molar-refractivity contribution in [3.8, 4) is 0 Å². The molecule has 0 aliphatic carbocycles. The second-order valence-corrected chi connectivity index (χ2v) is 6.76. The summed E-state index contributed by atoms with van der Waals surface area (Å²) in [6, 6.07) is 1.83. The van der Waals surface area contributed by atoms with Crippen LogP contribution in [0.4, 0.5) is 0 Å². The smallest absolute Gasteiger partial charge is 0.330 e. The maximum Gasteiger partial charge on any atom is 0.330 e. The fourth-order valence-corrected chi connectivity index (χ4v) is 3.58. The Kier molecular flexibility index (Phi) is 3.86. The first-order valence-corrected chi connectivity index (χ1v) is 8.64. The third-order valence-electron chi connectivity index (χ3n) is 5.20. The van der Waals surface area contributed by atoms with E-state index in [-0.39, 0.29) is 17.6 Å². The molecule has 0 atom stereocenters. The number of aromatic nitrogens is 6. The van der Waals surface area contributed by atoms with Gasteiger partial charge in [0.25, 0.3) is 5.91 Å². The van der Waals surface area contributed by atoms with Gasteiger partial charge in [-0.3, -0.25) is 18.6 Å². The van der Waals surface area contributed by atoms with Gasteiger partial charge in [-0.2, -0.15) is 5.10 Å². The molecule has 4 heterocycles. The van der Waals surface area contributed by atoms with Gasteiger partial charge < -0.3 is 4.90 Å². The molecule has 0 bridgehead atoms. The van der Waals surface area contributed by atoms with Gasteiger partial charge in [0.2, 0.25) is 0 Å². The summed E-state index contributed by atoms with van der Waals surface area (Å²) >= 11 is 0. The Bertz CT molecular complexity index is 1020. The number of hydrogen-bond donors (Lipinski definition) is 0. The molecule has 3 aromatic rings. The molecule has 1 amide bonds. The van der Waals surface area contributed by atoms with Crippen LogP contribution < -0.4 is 5.69 Å². The Labute approximate surface area is 149 Å². The van der Waals surface area contributed by atoms with Crippen LogP contribution >= 0.6 is 0 Å². The van der Waals surface area contributed by atoms with E-state index in [1.54, 1.807) is 33.1 Å². The molecule has 1 saturated heterocycles. The Morgan fingerprint density at radius 3 is 2.62 bits per heavy atom. The number of aryl methyl sites for hydroxylation is 3. The largest absolute Gasteiger partial charge is 0.337 e. The minimum Gasteiger partial charge on any atom is -0.337 e. The van der Waals surface area contributed by atoms with Crippen molar-refractivity contribution in [1.29, 1.82) is 0 Å². The molecular formula is C17H21N7O2. The van der Waals surface area contributed by atoms with Crippen molar-refractivity contribution in [2.24, 2.45) is 14.1 Å². The first kappa shape index (κ1) is 16.5. The van der Waals surface area contributed by atoms with Crippen molar-refractivity contribution in [3.05, 3.63) is 40.5 Å². The number of amides is 1.